The van der Waals surface area contributed by atoms with Gasteiger partial charge >= 0.3 is 0 Å². The molecule has 0 N–H and O–H groups in total. The lowest BCUT2D eigenvalue weighted by molar-refractivity contribution is 0.751. The lowest BCUT2D eigenvalue weighted by Crippen LogP contribution is -2.08. The molecule has 0 unspecified atom stereocenters. The van der Waals surface area contributed by atoms with Gasteiger partial charge in [-0.3, -0.25) is 9.67 Å². The fourth-order valence-electron chi connectivity index (χ4n) is 2.42. The van der Waals surface area contributed by atoms with E-state index in [9.17, 15) is 0 Å². The van der Waals surface area contributed by atoms with Crippen LogP contribution < -0.4 is 0 Å². The van der Waals surface area contributed by atoms with Crippen molar-refractivity contribution in [2.75, 3.05) is 6.54 Å². The van der Waals surface area contributed by atoms with Gasteiger partial charge in [-0.1, -0.05) is 31.6 Å². The van der Waals surface area contributed by atoms with Crippen molar-refractivity contribution in [1.82, 2.24) is 9.78 Å². The standard InChI is InChI=1S/C16H19N3/c1-11(2)13-4-5-14-9-18-19(16(14)7-13)10-15-6-12(3)8-17-15/h4-7,9,11H,8,10H2,1-3H3. The van der Waals surface area contributed by atoms with Crippen molar-refractivity contribution < 1.29 is 0 Å². The van der Waals surface area contributed by atoms with Crippen LogP contribution in [0.2, 0.25) is 0 Å². The molecule has 0 atom stereocenters. The smallest absolute Gasteiger partial charge is 0.0834 e. The van der Waals surface area contributed by atoms with Crippen molar-refractivity contribution in [2.24, 2.45) is 4.99 Å². The first-order valence-corrected chi connectivity index (χ1v) is 6.79. The average molecular weight is 253 g/mol. The van der Waals surface area contributed by atoms with E-state index < -0.39 is 0 Å². The number of nitrogens with zero attached hydrogens (tertiary/aromatic N) is 3. The predicted molar refractivity (Wildman–Crippen MR) is 79.9 cm³/mol. The molecule has 19 heavy (non-hydrogen) atoms. The van der Waals surface area contributed by atoms with Crippen LogP contribution in [0.1, 0.15) is 32.3 Å². The third-order valence-corrected chi connectivity index (χ3v) is 3.59. The lowest BCUT2D eigenvalue weighted by Gasteiger charge is -2.07. The van der Waals surface area contributed by atoms with E-state index in [1.54, 1.807) is 0 Å². The van der Waals surface area contributed by atoms with Gasteiger partial charge in [-0.2, -0.15) is 5.10 Å². The van der Waals surface area contributed by atoms with E-state index in [-0.39, 0.29) is 0 Å². The Bertz CT molecular complexity index is 674. The average Bonchev–Trinajstić information content (AvgIpc) is 2.96. The first-order chi connectivity index (χ1) is 9.13. The fourth-order valence-corrected chi connectivity index (χ4v) is 2.42. The number of benzene rings is 1. The highest BCUT2D eigenvalue weighted by atomic mass is 15.3. The molecular weight excluding hydrogens is 234 g/mol. The summed E-state index contributed by atoms with van der Waals surface area (Å²) in [6.45, 7) is 8.16. The van der Waals surface area contributed by atoms with Crippen molar-refractivity contribution in [1.29, 1.82) is 0 Å². The summed E-state index contributed by atoms with van der Waals surface area (Å²) in [4.78, 5) is 4.52. The molecular formula is C16H19N3. The van der Waals surface area contributed by atoms with Gasteiger partial charge in [0, 0.05) is 5.39 Å². The van der Waals surface area contributed by atoms with Crippen molar-refractivity contribution in [3.8, 4) is 0 Å². The van der Waals surface area contributed by atoms with Crippen molar-refractivity contribution >= 4 is 16.6 Å². The van der Waals surface area contributed by atoms with Crippen LogP contribution in [-0.4, -0.2) is 22.0 Å². The van der Waals surface area contributed by atoms with Gasteiger partial charge < -0.3 is 0 Å². The zero-order valence-corrected chi connectivity index (χ0v) is 11.7. The summed E-state index contributed by atoms with van der Waals surface area (Å²) < 4.78 is 2.05. The van der Waals surface area contributed by atoms with E-state index in [4.69, 9.17) is 0 Å². The van der Waals surface area contributed by atoms with E-state index in [1.165, 1.54) is 22.0 Å². The van der Waals surface area contributed by atoms with Crippen LogP contribution >= 0.6 is 0 Å². The molecule has 0 amide bonds. The zero-order chi connectivity index (χ0) is 13.4. The van der Waals surface area contributed by atoms with Gasteiger partial charge in [0.2, 0.25) is 0 Å². The van der Waals surface area contributed by atoms with Crippen molar-refractivity contribution in [3.63, 3.8) is 0 Å². The largest absolute Gasteiger partial charge is 0.283 e. The molecule has 0 saturated heterocycles. The maximum absolute atomic E-state index is 4.52. The number of hydrogen-bond donors (Lipinski definition) is 0. The molecule has 98 valence electrons. The van der Waals surface area contributed by atoms with Gasteiger partial charge in [-0.15, -0.1) is 0 Å². The van der Waals surface area contributed by atoms with Gasteiger partial charge in [0.05, 0.1) is 30.5 Å². The van der Waals surface area contributed by atoms with Gasteiger partial charge in [-0.25, -0.2) is 0 Å². The predicted octanol–water partition coefficient (Wildman–Crippen LogP) is 3.56. The first-order valence-electron chi connectivity index (χ1n) is 6.79. The number of allylic oxidation sites excluding steroid dienone is 1. The molecule has 0 spiro atoms. The minimum absolute atomic E-state index is 0.540. The Labute approximate surface area is 113 Å². The second-order valence-electron chi connectivity index (χ2n) is 5.57. The Kier molecular flexibility index (Phi) is 2.97. The van der Waals surface area contributed by atoms with E-state index in [1.807, 2.05) is 6.20 Å². The Morgan fingerprint density at radius 3 is 2.84 bits per heavy atom. The second kappa shape index (κ2) is 4.65. The van der Waals surface area contributed by atoms with Gasteiger partial charge in [-0.05, 0) is 30.5 Å². The molecule has 2 heterocycles. The summed E-state index contributed by atoms with van der Waals surface area (Å²) in [7, 11) is 0. The van der Waals surface area contributed by atoms with E-state index in [0.717, 1.165) is 18.8 Å². The van der Waals surface area contributed by atoms with Crippen LogP contribution in [0.4, 0.5) is 0 Å². The maximum Gasteiger partial charge on any atom is 0.0834 e. The molecule has 3 heteroatoms. The van der Waals surface area contributed by atoms with Gasteiger partial charge in [0.15, 0.2) is 0 Å². The molecule has 0 radical (unpaired) electrons. The minimum atomic E-state index is 0.540. The zero-order valence-electron chi connectivity index (χ0n) is 11.7. The SMILES string of the molecule is CC1=CC(Cn2ncc3ccc(C(C)C)cc32)=NC1. The number of hydrogen-bond acceptors (Lipinski definition) is 2. The number of aromatic nitrogens is 2. The van der Waals surface area contributed by atoms with Gasteiger partial charge in [0.25, 0.3) is 0 Å². The van der Waals surface area contributed by atoms with Crippen LogP contribution in [0.3, 0.4) is 0 Å². The number of aliphatic imine (C=N–C) groups is 1. The highest BCUT2D eigenvalue weighted by Crippen LogP contribution is 2.21. The number of fused-ring (bicyclic) bond motifs is 1. The van der Waals surface area contributed by atoms with Crippen LogP contribution in [0, 0.1) is 0 Å². The van der Waals surface area contributed by atoms with Gasteiger partial charge in [0.1, 0.15) is 0 Å². The molecule has 0 bridgehead atoms. The van der Waals surface area contributed by atoms with Crippen LogP contribution in [0.5, 0.6) is 0 Å². The fraction of sp³-hybridized carbons (Fsp3) is 0.375. The summed E-state index contributed by atoms with van der Waals surface area (Å²) in [6, 6.07) is 6.60. The normalized spacial score (nSPS) is 15.2. The Morgan fingerprint density at radius 1 is 1.32 bits per heavy atom. The third kappa shape index (κ3) is 2.33. The Balaban J connectivity index is 1.97. The quantitative estimate of drug-likeness (QED) is 0.822. The Morgan fingerprint density at radius 2 is 2.16 bits per heavy atom. The molecule has 0 fully saturated rings. The van der Waals surface area contributed by atoms with Crippen molar-refractivity contribution in [3.05, 3.63) is 41.6 Å². The highest BCUT2D eigenvalue weighted by molar-refractivity contribution is 5.97. The lowest BCUT2D eigenvalue weighted by atomic mass is 10.0. The third-order valence-electron chi connectivity index (χ3n) is 3.59. The molecule has 3 nitrogen and oxygen atoms in total. The maximum atomic E-state index is 4.52. The summed E-state index contributed by atoms with van der Waals surface area (Å²) in [5.41, 5.74) is 5.01. The second-order valence-corrected chi connectivity index (χ2v) is 5.57. The summed E-state index contributed by atoms with van der Waals surface area (Å²) in [6.07, 6.45) is 4.10. The van der Waals surface area contributed by atoms with Crippen LogP contribution in [0.15, 0.2) is 41.0 Å². The molecule has 0 saturated carbocycles. The molecule has 1 aromatic carbocycles. The van der Waals surface area contributed by atoms with Crippen molar-refractivity contribution in [2.45, 2.75) is 33.2 Å². The molecule has 3 rings (SSSR count). The monoisotopic (exact) mass is 253 g/mol. The molecule has 2 aromatic rings. The van der Waals surface area contributed by atoms with E-state index in [2.05, 4.69) is 59.8 Å². The molecule has 0 aliphatic carbocycles. The van der Waals surface area contributed by atoms with E-state index >= 15 is 0 Å². The summed E-state index contributed by atoms with van der Waals surface area (Å²) >= 11 is 0. The number of rotatable bonds is 3. The first kappa shape index (κ1) is 12.2. The van der Waals surface area contributed by atoms with Crippen LogP contribution in [0.25, 0.3) is 10.9 Å². The molecule has 1 aliphatic rings. The van der Waals surface area contributed by atoms with E-state index in [0.29, 0.717) is 5.92 Å². The molecule has 1 aromatic heterocycles. The topological polar surface area (TPSA) is 30.2 Å². The molecule has 1 aliphatic heterocycles. The Hall–Kier alpha value is -1.90. The highest BCUT2D eigenvalue weighted by Gasteiger charge is 2.10. The summed E-state index contributed by atoms with van der Waals surface area (Å²) in [5, 5.41) is 5.69. The van der Waals surface area contributed by atoms with Crippen LogP contribution in [-0.2, 0) is 6.54 Å². The summed E-state index contributed by atoms with van der Waals surface area (Å²) in [5.74, 6) is 0.540. The minimum Gasteiger partial charge on any atom is -0.283 e.